The lowest BCUT2D eigenvalue weighted by Gasteiger charge is -2.36. The molecule has 0 bridgehead atoms. The summed E-state index contributed by atoms with van der Waals surface area (Å²) in [5, 5.41) is 2.39. The van der Waals surface area contributed by atoms with E-state index in [2.05, 4.69) is 5.32 Å². The Bertz CT molecular complexity index is 722. The second kappa shape index (κ2) is 7.30. The Morgan fingerprint density at radius 1 is 1.19 bits per heavy atom. The van der Waals surface area contributed by atoms with Crippen molar-refractivity contribution in [3.8, 4) is 0 Å². The summed E-state index contributed by atoms with van der Waals surface area (Å²) in [7, 11) is 0. The summed E-state index contributed by atoms with van der Waals surface area (Å²) in [5.74, 6) is -0.839. The number of rotatable bonds is 3. The van der Waals surface area contributed by atoms with Gasteiger partial charge < -0.3 is 5.32 Å². The normalized spacial score (nSPS) is 24.0. The molecule has 0 spiro atoms. The van der Waals surface area contributed by atoms with Crippen molar-refractivity contribution in [2.24, 2.45) is 0 Å². The van der Waals surface area contributed by atoms with Crippen molar-refractivity contribution in [1.82, 2.24) is 10.2 Å². The smallest absolute Gasteiger partial charge is 0.347 e. The molecule has 1 N–H and O–H groups in total. The number of hydrogen-bond acceptors (Lipinski definition) is 4. The fourth-order valence-electron chi connectivity index (χ4n) is 3.36. The molecule has 1 saturated heterocycles. The maximum Gasteiger partial charge on any atom is 0.416 e. The number of nitrogens with zero attached hydrogens (tertiary/aromatic N) is 1. The molecular weight excluding hydrogens is 369 g/mol. The van der Waals surface area contributed by atoms with Gasteiger partial charge in [0.1, 0.15) is 0 Å². The third-order valence-electron chi connectivity index (χ3n) is 4.61. The third kappa shape index (κ3) is 3.87. The maximum absolute atomic E-state index is 12.8. The van der Waals surface area contributed by atoms with Gasteiger partial charge in [-0.25, -0.2) is 0 Å². The first-order valence-electron chi connectivity index (χ1n) is 8.24. The Morgan fingerprint density at radius 3 is 2.58 bits per heavy atom. The standard InChI is InChI=1S/C17H17F3N2O3S/c18-17(19,20)11-5-3-4-10(8-11)15(24)21-12-6-1-2-7-13(12)22-14(23)9-26-16(22)25/h3-5,8,12-13H,1-2,6-7,9H2,(H,21,24). The number of benzene rings is 1. The minimum atomic E-state index is -4.53. The molecule has 1 aromatic rings. The van der Waals surface area contributed by atoms with Crippen LogP contribution in [-0.4, -0.2) is 39.8 Å². The quantitative estimate of drug-likeness (QED) is 0.864. The van der Waals surface area contributed by atoms with Gasteiger partial charge in [-0.2, -0.15) is 13.2 Å². The van der Waals surface area contributed by atoms with Crippen molar-refractivity contribution in [2.45, 2.75) is 43.9 Å². The molecule has 0 radical (unpaired) electrons. The molecule has 2 aliphatic rings. The molecule has 1 saturated carbocycles. The summed E-state index contributed by atoms with van der Waals surface area (Å²) >= 11 is 0.929. The number of amides is 3. The zero-order chi connectivity index (χ0) is 18.9. The first kappa shape index (κ1) is 18.8. The summed E-state index contributed by atoms with van der Waals surface area (Å²) in [6.45, 7) is 0. The van der Waals surface area contributed by atoms with Gasteiger partial charge in [-0.1, -0.05) is 30.7 Å². The molecule has 1 aliphatic heterocycles. The molecule has 9 heteroatoms. The van der Waals surface area contributed by atoms with Gasteiger partial charge >= 0.3 is 6.18 Å². The molecule has 26 heavy (non-hydrogen) atoms. The van der Waals surface area contributed by atoms with Crippen molar-refractivity contribution >= 4 is 28.8 Å². The predicted molar refractivity (Wildman–Crippen MR) is 89.7 cm³/mol. The molecule has 5 nitrogen and oxygen atoms in total. The molecule has 1 aliphatic carbocycles. The molecule has 1 aromatic carbocycles. The van der Waals surface area contributed by atoms with Crippen molar-refractivity contribution < 1.29 is 27.6 Å². The Morgan fingerprint density at radius 2 is 1.92 bits per heavy atom. The van der Waals surface area contributed by atoms with Crippen LogP contribution in [0.25, 0.3) is 0 Å². The van der Waals surface area contributed by atoms with E-state index < -0.39 is 29.7 Å². The monoisotopic (exact) mass is 386 g/mol. The van der Waals surface area contributed by atoms with Gasteiger partial charge in [0, 0.05) is 5.56 Å². The highest BCUT2D eigenvalue weighted by atomic mass is 32.2. The van der Waals surface area contributed by atoms with Crippen molar-refractivity contribution in [3.63, 3.8) is 0 Å². The number of carbonyl (C=O) groups is 3. The summed E-state index contributed by atoms with van der Waals surface area (Å²) in [4.78, 5) is 37.6. The lowest BCUT2D eigenvalue weighted by molar-refractivity contribution is -0.137. The SMILES string of the molecule is O=C(NC1CCCCC1N1C(=O)CSC1=O)c1cccc(C(F)(F)F)c1. The summed E-state index contributed by atoms with van der Waals surface area (Å²) in [6.07, 6.45) is -1.76. The summed E-state index contributed by atoms with van der Waals surface area (Å²) in [5.41, 5.74) is -0.996. The predicted octanol–water partition coefficient (Wildman–Crippen LogP) is 3.44. The van der Waals surface area contributed by atoms with Crippen LogP contribution in [0.1, 0.15) is 41.6 Å². The van der Waals surface area contributed by atoms with Gasteiger partial charge in [0.15, 0.2) is 0 Å². The van der Waals surface area contributed by atoms with Crippen LogP contribution in [0.4, 0.5) is 18.0 Å². The van der Waals surface area contributed by atoms with Gasteiger partial charge in [-0.05, 0) is 31.0 Å². The van der Waals surface area contributed by atoms with Crippen molar-refractivity contribution in [1.29, 1.82) is 0 Å². The number of halogens is 3. The number of hydrogen-bond donors (Lipinski definition) is 1. The Balaban J connectivity index is 1.77. The topological polar surface area (TPSA) is 66.5 Å². The zero-order valence-electron chi connectivity index (χ0n) is 13.7. The van der Waals surface area contributed by atoms with Crippen LogP contribution < -0.4 is 5.32 Å². The lowest BCUT2D eigenvalue weighted by atomic mass is 9.89. The average molecular weight is 386 g/mol. The third-order valence-corrected chi connectivity index (χ3v) is 5.45. The van der Waals surface area contributed by atoms with E-state index in [1.165, 1.54) is 17.0 Å². The van der Waals surface area contributed by atoms with E-state index >= 15 is 0 Å². The minimum Gasteiger partial charge on any atom is -0.347 e. The van der Waals surface area contributed by atoms with E-state index in [0.717, 1.165) is 36.7 Å². The Kier molecular flexibility index (Phi) is 5.27. The van der Waals surface area contributed by atoms with Gasteiger partial charge in [0.25, 0.3) is 11.1 Å². The average Bonchev–Trinajstić information content (AvgIpc) is 2.93. The molecular formula is C17H17F3N2O3S. The number of imide groups is 1. The summed E-state index contributed by atoms with van der Waals surface area (Å²) < 4.78 is 38.5. The van der Waals surface area contributed by atoms with Crippen LogP contribution in [0.5, 0.6) is 0 Å². The van der Waals surface area contributed by atoms with E-state index in [-0.39, 0.29) is 22.5 Å². The molecule has 140 valence electrons. The molecule has 0 aromatic heterocycles. The highest BCUT2D eigenvalue weighted by Crippen LogP contribution is 2.31. The molecule has 3 rings (SSSR count). The molecule has 2 unspecified atom stereocenters. The lowest BCUT2D eigenvalue weighted by Crippen LogP contribution is -2.54. The first-order chi connectivity index (χ1) is 12.3. The zero-order valence-corrected chi connectivity index (χ0v) is 14.5. The largest absolute Gasteiger partial charge is 0.416 e. The fraction of sp³-hybridized carbons (Fsp3) is 0.471. The second-order valence-corrected chi connectivity index (χ2v) is 7.26. The van der Waals surface area contributed by atoms with Crippen LogP contribution in [-0.2, 0) is 11.0 Å². The van der Waals surface area contributed by atoms with E-state index in [1.54, 1.807) is 0 Å². The highest BCUT2D eigenvalue weighted by molar-refractivity contribution is 8.14. The molecule has 2 atom stereocenters. The Hall–Kier alpha value is -2.03. The highest BCUT2D eigenvalue weighted by Gasteiger charge is 2.41. The number of thioether (sulfide) groups is 1. The number of nitrogens with one attached hydrogen (secondary N) is 1. The van der Waals surface area contributed by atoms with Gasteiger partial charge in [-0.3, -0.25) is 19.3 Å². The van der Waals surface area contributed by atoms with Crippen LogP contribution >= 0.6 is 11.8 Å². The van der Waals surface area contributed by atoms with E-state index in [9.17, 15) is 27.6 Å². The van der Waals surface area contributed by atoms with Crippen LogP contribution in [0.15, 0.2) is 24.3 Å². The van der Waals surface area contributed by atoms with Crippen LogP contribution in [0, 0.1) is 0 Å². The van der Waals surface area contributed by atoms with E-state index in [0.29, 0.717) is 12.8 Å². The fourth-order valence-corrected chi connectivity index (χ4v) is 4.12. The minimum absolute atomic E-state index is 0.0869. The van der Waals surface area contributed by atoms with Gasteiger partial charge in [0.05, 0.1) is 23.4 Å². The number of carbonyl (C=O) groups excluding carboxylic acids is 3. The summed E-state index contributed by atoms with van der Waals surface area (Å²) in [6, 6.07) is 3.28. The van der Waals surface area contributed by atoms with Crippen LogP contribution in [0.3, 0.4) is 0 Å². The first-order valence-corrected chi connectivity index (χ1v) is 9.23. The molecule has 1 heterocycles. The van der Waals surface area contributed by atoms with Crippen molar-refractivity contribution in [2.75, 3.05) is 5.75 Å². The molecule has 2 fully saturated rings. The molecule has 3 amide bonds. The van der Waals surface area contributed by atoms with Gasteiger partial charge in [-0.15, -0.1) is 0 Å². The van der Waals surface area contributed by atoms with Crippen LogP contribution in [0.2, 0.25) is 0 Å². The van der Waals surface area contributed by atoms with E-state index in [4.69, 9.17) is 0 Å². The van der Waals surface area contributed by atoms with Crippen molar-refractivity contribution in [3.05, 3.63) is 35.4 Å². The van der Waals surface area contributed by atoms with E-state index in [1.807, 2.05) is 0 Å². The number of alkyl halides is 3. The second-order valence-electron chi connectivity index (χ2n) is 6.33. The maximum atomic E-state index is 12.8. The Labute approximate surface area is 152 Å². The van der Waals surface area contributed by atoms with Gasteiger partial charge in [0.2, 0.25) is 5.91 Å².